The molecule has 1 aromatic rings. The van der Waals surface area contributed by atoms with Crippen LogP contribution in [-0.4, -0.2) is 30.9 Å². The van der Waals surface area contributed by atoms with Crippen molar-refractivity contribution in [3.8, 4) is 0 Å². The van der Waals surface area contributed by atoms with Gasteiger partial charge in [0.05, 0.1) is 5.56 Å². The number of carbonyl (C=O) groups excluding carboxylic acids is 3. The minimum atomic E-state index is -0.709. The van der Waals surface area contributed by atoms with Crippen molar-refractivity contribution < 1.29 is 19.1 Å². The van der Waals surface area contributed by atoms with Crippen LogP contribution in [0.2, 0.25) is 0 Å². The van der Waals surface area contributed by atoms with Crippen LogP contribution < -0.4 is 10.6 Å². The summed E-state index contributed by atoms with van der Waals surface area (Å²) in [6, 6.07) is 6.57. The summed E-state index contributed by atoms with van der Waals surface area (Å²) >= 11 is 0. The number of amides is 2. The molecule has 100 valence electrons. The van der Waals surface area contributed by atoms with Crippen molar-refractivity contribution in [2.45, 2.75) is 12.8 Å². The van der Waals surface area contributed by atoms with Gasteiger partial charge in [0.1, 0.15) is 0 Å². The first-order valence-electron chi connectivity index (χ1n) is 5.94. The summed E-state index contributed by atoms with van der Waals surface area (Å²) in [6.07, 6.45) is 1.34. The Balaban J connectivity index is 2.12. The lowest BCUT2D eigenvalue weighted by atomic mass is 10.2. The summed E-state index contributed by atoms with van der Waals surface area (Å²) in [5, 5.41) is 0. The molecule has 6 heteroatoms. The minimum Gasteiger partial charge on any atom is -0.452 e. The van der Waals surface area contributed by atoms with E-state index >= 15 is 0 Å². The molecule has 0 atom stereocenters. The first-order valence-corrected chi connectivity index (χ1v) is 5.94. The van der Waals surface area contributed by atoms with Gasteiger partial charge < -0.3 is 15.4 Å². The van der Waals surface area contributed by atoms with Crippen LogP contribution in [0.5, 0.6) is 0 Å². The number of benzene rings is 1. The van der Waals surface area contributed by atoms with Crippen LogP contribution in [0, 0.1) is 0 Å². The Morgan fingerprint density at radius 1 is 1.37 bits per heavy atom. The molecule has 0 radical (unpaired) electrons. The van der Waals surface area contributed by atoms with E-state index in [9.17, 15) is 14.4 Å². The highest BCUT2D eigenvalue weighted by Gasteiger charge is 2.22. The van der Waals surface area contributed by atoms with E-state index in [0.717, 1.165) is 6.42 Å². The van der Waals surface area contributed by atoms with Gasteiger partial charge in [-0.2, -0.15) is 0 Å². The fourth-order valence-electron chi connectivity index (χ4n) is 1.94. The third-order valence-corrected chi connectivity index (χ3v) is 2.81. The van der Waals surface area contributed by atoms with Gasteiger partial charge in [0.25, 0.3) is 5.91 Å². The molecule has 1 aliphatic rings. The van der Waals surface area contributed by atoms with Crippen molar-refractivity contribution in [3.05, 3.63) is 29.8 Å². The average molecular weight is 262 g/mol. The predicted molar refractivity (Wildman–Crippen MR) is 67.5 cm³/mol. The van der Waals surface area contributed by atoms with Gasteiger partial charge in [-0.25, -0.2) is 4.79 Å². The zero-order chi connectivity index (χ0) is 13.8. The highest BCUT2D eigenvalue weighted by Crippen LogP contribution is 2.22. The van der Waals surface area contributed by atoms with Crippen molar-refractivity contribution in [2.75, 3.05) is 18.1 Å². The summed E-state index contributed by atoms with van der Waals surface area (Å²) in [5.41, 5.74) is 5.85. The van der Waals surface area contributed by atoms with Gasteiger partial charge in [-0.1, -0.05) is 6.07 Å². The van der Waals surface area contributed by atoms with Crippen molar-refractivity contribution in [1.29, 1.82) is 0 Å². The summed E-state index contributed by atoms with van der Waals surface area (Å²) in [7, 11) is 0. The lowest BCUT2D eigenvalue weighted by Crippen LogP contribution is -2.24. The molecule has 1 aliphatic heterocycles. The number of nitrogens with two attached hydrogens (primary N) is 1. The number of carbonyl (C=O) groups is 3. The van der Waals surface area contributed by atoms with Crippen LogP contribution in [0.3, 0.4) is 0 Å². The fourth-order valence-corrected chi connectivity index (χ4v) is 1.94. The maximum atomic E-state index is 11.7. The van der Waals surface area contributed by atoms with Crippen LogP contribution in [0.4, 0.5) is 5.69 Å². The number of rotatable bonds is 4. The molecule has 19 heavy (non-hydrogen) atoms. The Morgan fingerprint density at radius 2 is 2.16 bits per heavy atom. The first-order chi connectivity index (χ1) is 9.08. The molecule has 0 spiro atoms. The Kier molecular flexibility index (Phi) is 3.79. The van der Waals surface area contributed by atoms with Gasteiger partial charge in [-0.3, -0.25) is 9.59 Å². The normalized spacial score (nSPS) is 14.5. The lowest BCUT2D eigenvalue weighted by Gasteiger charge is -2.16. The van der Waals surface area contributed by atoms with Gasteiger partial charge in [0.15, 0.2) is 6.61 Å². The van der Waals surface area contributed by atoms with Crippen LogP contribution in [0.1, 0.15) is 23.2 Å². The fraction of sp³-hybridized carbons (Fsp3) is 0.308. The van der Waals surface area contributed by atoms with Crippen molar-refractivity contribution in [3.63, 3.8) is 0 Å². The van der Waals surface area contributed by atoms with E-state index in [4.69, 9.17) is 10.5 Å². The molecular weight excluding hydrogens is 248 g/mol. The molecule has 0 aromatic heterocycles. The molecule has 0 aliphatic carbocycles. The summed E-state index contributed by atoms with van der Waals surface area (Å²) in [6.45, 7) is 0.199. The minimum absolute atomic E-state index is 0.0441. The third-order valence-electron chi connectivity index (χ3n) is 2.81. The second-order valence-electron chi connectivity index (χ2n) is 4.24. The number of hydrogen-bond acceptors (Lipinski definition) is 4. The van der Waals surface area contributed by atoms with Crippen molar-refractivity contribution in [2.24, 2.45) is 5.73 Å². The molecule has 0 bridgehead atoms. The Morgan fingerprint density at radius 3 is 2.79 bits per heavy atom. The van der Waals surface area contributed by atoms with Crippen LogP contribution in [0.25, 0.3) is 0 Å². The van der Waals surface area contributed by atoms with E-state index in [-0.39, 0.29) is 5.91 Å². The van der Waals surface area contributed by atoms with Gasteiger partial charge in [0, 0.05) is 18.7 Å². The summed E-state index contributed by atoms with van der Waals surface area (Å²) < 4.78 is 4.72. The molecule has 2 amide bonds. The van der Waals surface area contributed by atoms with Crippen LogP contribution >= 0.6 is 0 Å². The standard InChI is InChI=1S/C13H14N2O4/c14-11(16)8-19-13(18)9-3-1-4-10(7-9)15-6-2-5-12(15)17/h1,3-4,7H,2,5-6,8H2,(H2,14,16). The van der Waals surface area contributed by atoms with E-state index < -0.39 is 18.5 Å². The Labute approximate surface area is 110 Å². The van der Waals surface area contributed by atoms with Gasteiger partial charge >= 0.3 is 5.97 Å². The van der Waals surface area contributed by atoms with Gasteiger partial charge in [-0.15, -0.1) is 0 Å². The SMILES string of the molecule is NC(=O)COC(=O)c1cccc(N2CCCC2=O)c1. The van der Waals surface area contributed by atoms with Crippen molar-refractivity contribution in [1.82, 2.24) is 0 Å². The predicted octanol–water partition coefficient (Wildman–Crippen LogP) is 0.455. The zero-order valence-corrected chi connectivity index (χ0v) is 10.3. The summed E-state index contributed by atoms with van der Waals surface area (Å²) in [5.74, 6) is -1.30. The second-order valence-corrected chi connectivity index (χ2v) is 4.24. The monoisotopic (exact) mass is 262 g/mol. The third kappa shape index (κ3) is 3.09. The molecule has 1 aromatic carbocycles. The number of primary amides is 1. The van der Waals surface area contributed by atoms with E-state index in [2.05, 4.69) is 0 Å². The number of anilines is 1. The largest absolute Gasteiger partial charge is 0.452 e. The molecule has 2 rings (SSSR count). The van der Waals surface area contributed by atoms with E-state index in [0.29, 0.717) is 24.2 Å². The van der Waals surface area contributed by atoms with Gasteiger partial charge in [0.2, 0.25) is 5.91 Å². The maximum absolute atomic E-state index is 11.7. The van der Waals surface area contributed by atoms with E-state index in [1.165, 1.54) is 0 Å². The highest BCUT2D eigenvalue weighted by atomic mass is 16.5. The van der Waals surface area contributed by atoms with E-state index in [1.807, 2.05) is 0 Å². The Bertz CT molecular complexity index is 527. The topological polar surface area (TPSA) is 89.7 Å². The number of nitrogens with zero attached hydrogens (tertiary/aromatic N) is 1. The number of ether oxygens (including phenoxy) is 1. The molecule has 1 fully saturated rings. The zero-order valence-electron chi connectivity index (χ0n) is 10.3. The lowest BCUT2D eigenvalue weighted by molar-refractivity contribution is -0.121. The van der Waals surface area contributed by atoms with Crippen LogP contribution in [-0.2, 0) is 14.3 Å². The molecule has 0 saturated carbocycles. The average Bonchev–Trinajstić information content (AvgIpc) is 2.82. The first kappa shape index (κ1) is 13.1. The molecule has 1 heterocycles. The van der Waals surface area contributed by atoms with E-state index in [1.54, 1.807) is 29.2 Å². The number of hydrogen-bond donors (Lipinski definition) is 1. The molecule has 2 N–H and O–H groups in total. The van der Waals surface area contributed by atoms with Gasteiger partial charge in [-0.05, 0) is 24.6 Å². The highest BCUT2D eigenvalue weighted by molar-refractivity contribution is 5.97. The van der Waals surface area contributed by atoms with Crippen molar-refractivity contribution >= 4 is 23.5 Å². The smallest absolute Gasteiger partial charge is 0.338 e. The Hall–Kier alpha value is -2.37. The molecule has 6 nitrogen and oxygen atoms in total. The quantitative estimate of drug-likeness (QED) is 0.798. The molecular formula is C13H14N2O4. The van der Waals surface area contributed by atoms with Crippen LogP contribution in [0.15, 0.2) is 24.3 Å². The molecule has 0 unspecified atom stereocenters. The second kappa shape index (κ2) is 5.51. The number of esters is 1. The summed E-state index contributed by atoms with van der Waals surface area (Å²) in [4.78, 5) is 35.5. The molecule has 1 saturated heterocycles. The maximum Gasteiger partial charge on any atom is 0.338 e.